The first-order valence-corrected chi connectivity index (χ1v) is 7.31. The van der Waals surface area contributed by atoms with E-state index in [0.29, 0.717) is 0 Å². The molecular weight excluding hydrogens is 455 g/mol. The number of rotatable bonds is 2. The highest BCUT2D eigenvalue weighted by atomic mass is 127. The van der Waals surface area contributed by atoms with E-state index in [4.69, 9.17) is 0 Å². The molecule has 1 aromatic heterocycles. The molecule has 0 saturated heterocycles. The van der Waals surface area contributed by atoms with Crippen LogP contribution in [0.1, 0.15) is 17.4 Å². The second kappa shape index (κ2) is 6.39. The van der Waals surface area contributed by atoms with Crippen molar-refractivity contribution in [1.82, 2.24) is 4.98 Å². The fourth-order valence-corrected chi connectivity index (χ4v) is 2.43. The Balaban J connectivity index is 2.52. The predicted octanol–water partition coefficient (Wildman–Crippen LogP) is 4.67. The van der Waals surface area contributed by atoms with Gasteiger partial charge in [0.2, 0.25) is 0 Å². The normalized spacial score (nSPS) is 13.8. The first-order chi connectivity index (χ1) is 10.9. The summed E-state index contributed by atoms with van der Waals surface area (Å²) in [6.07, 6.45) is -12.4. The molecule has 10 heteroatoms. The van der Waals surface area contributed by atoms with E-state index >= 15 is 0 Å². The number of halogens is 7. The van der Waals surface area contributed by atoms with Gasteiger partial charge in [0, 0.05) is 5.56 Å². The van der Waals surface area contributed by atoms with Gasteiger partial charge in [0.1, 0.15) is 5.69 Å². The molecule has 0 amide bonds. The lowest BCUT2D eigenvalue weighted by Crippen LogP contribution is -2.21. The maximum absolute atomic E-state index is 12.6. The van der Waals surface area contributed by atoms with Crippen LogP contribution in [0.15, 0.2) is 30.3 Å². The number of hydrogen-bond donors (Lipinski definition) is 2. The number of nitrogens with zero attached hydrogens (tertiary/aromatic N) is 1. The van der Waals surface area contributed by atoms with Crippen molar-refractivity contribution in [3.63, 3.8) is 0 Å². The Hall–Kier alpha value is -1.56. The van der Waals surface area contributed by atoms with Crippen LogP contribution in [-0.4, -0.2) is 21.4 Å². The van der Waals surface area contributed by atoms with E-state index < -0.39 is 35.5 Å². The standard InChI is InChI=1S/C14H8F6INO2/c15-13(16,17)7-3-1-6(2-4-7)10-11(23)8(21)5-9(22-10)12(24)14(18,19)20/h1-5,12,23-24H. The van der Waals surface area contributed by atoms with Crippen LogP contribution in [-0.2, 0) is 6.18 Å². The third-order valence-electron chi connectivity index (χ3n) is 3.04. The molecule has 0 saturated carbocycles. The van der Waals surface area contributed by atoms with E-state index in [2.05, 4.69) is 4.98 Å². The Morgan fingerprint density at radius 3 is 2.00 bits per heavy atom. The fourth-order valence-electron chi connectivity index (χ4n) is 1.85. The molecule has 0 radical (unpaired) electrons. The Morgan fingerprint density at radius 1 is 1.00 bits per heavy atom. The quantitative estimate of drug-likeness (QED) is 0.503. The second-order valence-corrected chi connectivity index (χ2v) is 5.91. The van der Waals surface area contributed by atoms with Gasteiger partial charge in [-0.05, 0) is 40.8 Å². The molecular formula is C14H8F6INO2. The number of alkyl halides is 6. The van der Waals surface area contributed by atoms with E-state index in [1.165, 1.54) is 22.6 Å². The van der Waals surface area contributed by atoms with Crippen LogP contribution in [0.3, 0.4) is 0 Å². The average Bonchev–Trinajstić information content (AvgIpc) is 2.47. The summed E-state index contributed by atoms with van der Waals surface area (Å²) in [6.45, 7) is 0. The lowest BCUT2D eigenvalue weighted by molar-refractivity contribution is -0.207. The third kappa shape index (κ3) is 3.91. The molecule has 0 aliphatic rings. The Bertz CT molecular complexity index is 743. The molecule has 3 nitrogen and oxygen atoms in total. The SMILES string of the molecule is Oc1c(I)cc(C(O)C(F)(F)F)nc1-c1ccc(C(F)(F)F)cc1. The summed E-state index contributed by atoms with van der Waals surface area (Å²) in [6, 6.07) is 4.24. The Kier molecular flexibility index (Phi) is 5.00. The minimum absolute atomic E-state index is 0.0189. The highest BCUT2D eigenvalue weighted by Crippen LogP contribution is 2.38. The van der Waals surface area contributed by atoms with Crippen molar-refractivity contribution >= 4 is 22.6 Å². The zero-order valence-electron chi connectivity index (χ0n) is 11.5. The number of aromatic hydroxyl groups is 1. The smallest absolute Gasteiger partial charge is 0.420 e. The lowest BCUT2D eigenvalue weighted by Gasteiger charge is -2.16. The molecule has 1 unspecified atom stereocenters. The van der Waals surface area contributed by atoms with Gasteiger partial charge in [-0.2, -0.15) is 26.3 Å². The van der Waals surface area contributed by atoms with Crippen LogP contribution >= 0.6 is 22.6 Å². The van der Waals surface area contributed by atoms with Crippen molar-refractivity contribution in [2.24, 2.45) is 0 Å². The summed E-state index contributed by atoms with van der Waals surface area (Å²) >= 11 is 1.53. The number of aliphatic hydroxyl groups is 1. The van der Waals surface area contributed by atoms with E-state index in [1.807, 2.05) is 0 Å². The molecule has 1 heterocycles. The first-order valence-electron chi connectivity index (χ1n) is 6.23. The van der Waals surface area contributed by atoms with Gasteiger partial charge in [0.15, 0.2) is 11.9 Å². The predicted molar refractivity (Wildman–Crippen MR) is 80.1 cm³/mol. The minimum Gasteiger partial charge on any atom is -0.505 e. The fraction of sp³-hybridized carbons (Fsp3) is 0.214. The zero-order valence-corrected chi connectivity index (χ0v) is 13.6. The molecule has 0 fully saturated rings. The van der Waals surface area contributed by atoms with Gasteiger partial charge in [0.25, 0.3) is 0 Å². The van der Waals surface area contributed by atoms with Gasteiger partial charge < -0.3 is 10.2 Å². The Labute approximate surface area is 145 Å². The largest absolute Gasteiger partial charge is 0.505 e. The van der Waals surface area contributed by atoms with Crippen molar-refractivity contribution in [3.05, 3.63) is 45.2 Å². The summed E-state index contributed by atoms with van der Waals surface area (Å²) in [7, 11) is 0. The molecule has 130 valence electrons. The lowest BCUT2D eigenvalue weighted by atomic mass is 10.1. The number of aliphatic hydroxyl groups excluding tert-OH is 1. The number of hydrogen-bond acceptors (Lipinski definition) is 3. The molecule has 0 aliphatic heterocycles. The third-order valence-corrected chi connectivity index (χ3v) is 3.86. The second-order valence-electron chi connectivity index (χ2n) is 4.75. The van der Waals surface area contributed by atoms with Crippen molar-refractivity contribution in [1.29, 1.82) is 0 Å². The molecule has 2 N–H and O–H groups in total. The average molecular weight is 463 g/mol. The number of aromatic nitrogens is 1. The van der Waals surface area contributed by atoms with E-state index in [9.17, 15) is 36.6 Å². The van der Waals surface area contributed by atoms with Crippen molar-refractivity contribution in [3.8, 4) is 17.0 Å². The van der Waals surface area contributed by atoms with Crippen LogP contribution < -0.4 is 0 Å². The number of benzene rings is 1. The molecule has 0 spiro atoms. The summed E-state index contributed by atoms with van der Waals surface area (Å²) in [4.78, 5) is 3.56. The van der Waals surface area contributed by atoms with Gasteiger partial charge in [-0.25, -0.2) is 4.98 Å². The van der Waals surface area contributed by atoms with Crippen molar-refractivity contribution in [2.75, 3.05) is 0 Å². The summed E-state index contributed by atoms with van der Waals surface area (Å²) in [5.41, 5.74) is -2.09. The van der Waals surface area contributed by atoms with E-state index in [1.54, 1.807) is 0 Å². The van der Waals surface area contributed by atoms with E-state index in [0.717, 1.165) is 30.3 Å². The van der Waals surface area contributed by atoms with Crippen LogP contribution in [0.25, 0.3) is 11.3 Å². The van der Waals surface area contributed by atoms with Crippen LogP contribution in [0.5, 0.6) is 5.75 Å². The van der Waals surface area contributed by atoms with Gasteiger partial charge in [0.05, 0.1) is 14.8 Å². The van der Waals surface area contributed by atoms with Crippen molar-refractivity contribution < 1.29 is 36.6 Å². The minimum atomic E-state index is -4.97. The van der Waals surface area contributed by atoms with Gasteiger partial charge in [-0.15, -0.1) is 0 Å². The molecule has 1 aromatic carbocycles. The molecule has 0 bridgehead atoms. The van der Waals surface area contributed by atoms with Crippen molar-refractivity contribution in [2.45, 2.75) is 18.5 Å². The van der Waals surface area contributed by atoms with Crippen LogP contribution in [0.4, 0.5) is 26.3 Å². The highest BCUT2D eigenvalue weighted by Gasteiger charge is 2.41. The first kappa shape index (κ1) is 18.8. The van der Waals surface area contributed by atoms with E-state index in [-0.39, 0.29) is 14.8 Å². The maximum atomic E-state index is 12.6. The summed E-state index contributed by atoms with van der Waals surface area (Å²) < 4.78 is 75.4. The highest BCUT2D eigenvalue weighted by molar-refractivity contribution is 14.1. The zero-order chi connectivity index (χ0) is 18.3. The monoisotopic (exact) mass is 463 g/mol. The topological polar surface area (TPSA) is 53.4 Å². The van der Waals surface area contributed by atoms with Gasteiger partial charge >= 0.3 is 12.4 Å². The Morgan fingerprint density at radius 2 is 1.54 bits per heavy atom. The van der Waals surface area contributed by atoms with Crippen LogP contribution in [0.2, 0.25) is 0 Å². The number of pyridine rings is 1. The maximum Gasteiger partial charge on any atom is 0.420 e. The summed E-state index contributed by atoms with van der Waals surface area (Å²) in [5.74, 6) is -0.492. The van der Waals surface area contributed by atoms with Crippen LogP contribution in [0, 0.1) is 3.57 Å². The molecule has 2 rings (SSSR count). The molecule has 1 atom stereocenters. The molecule has 0 aliphatic carbocycles. The van der Waals surface area contributed by atoms with Gasteiger partial charge in [-0.3, -0.25) is 0 Å². The molecule has 24 heavy (non-hydrogen) atoms. The van der Waals surface area contributed by atoms with Gasteiger partial charge in [-0.1, -0.05) is 12.1 Å². The summed E-state index contributed by atoms with van der Waals surface area (Å²) in [5, 5.41) is 19.2. The molecule has 2 aromatic rings.